The number of rotatable bonds is 10. The zero-order valence-corrected chi connectivity index (χ0v) is 28.8. The second-order valence-corrected chi connectivity index (χ2v) is 15.2. The molecular formula is C37H41N7O4S. The van der Waals surface area contributed by atoms with Crippen molar-refractivity contribution in [2.45, 2.75) is 51.1 Å². The van der Waals surface area contributed by atoms with E-state index in [1.165, 1.54) is 0 Å². The molecule has 7 rings (SSSR count). The number of likely N-dealkylation sites (tertiary alicyclic amines) is 1. The molecule has 2 fully saturated rings. The SMILES string of the molecule is CCS(=O)(=O)Nc1cc(-c2cc(NC3CCN(C(=O)C4CC4)CC3)c(=O)n(C)c2)cc2c1ccn2C(C)(c1ccccn1)c1ccccn1. The normalized spacial score (nSPS) is 15.8. The molecule has 254 valence electrons. The lowest BCUT2D eigenvalue weighted by Crippen LogP contribution is -2.43. The first-order valence-electron chi connectivity index (χ1n) is 16.8. The van der Waals surface area contributed by atoms with E-state index >= 15 is 0 Å². The number of amides is 1. The molecule has 11 nitrogen and oxygen atoms in total. The molecule has 1 saturated heterocycles. The number of sulfonamides is 1. The van der Waals surface area contributed by atoms with Crippen molar-refractivity contribution in [3.63, 3.8) is 0 Å². The number of carbonyl (C=O) groups excluding carboxylic acids is 1. The number of pyridine rings is 3. The first-order chi connectivity index (χ1) is 23.6. The number of anilines is 2. The summed E-state index contributed by atoms with van der Waals surface area (Å²) in [7, 11) is -1.91. The van der Waals surface area contributed by atoms with Crippen LogP contribution in [0, 0.1) is 5.92 Å². The van der Waals surface area contributed by atoms with Crippen molar-refractivity contribution >= 4 is 38.2 Å². The van der Waals surface area contributed by atoms with E-state index < -0.39 is 15.6 Å². The molecule has 0 radical (unpaired) electrons. The molecule has 0 unspecified atom stereocenters. The fraction of sp³-hybridized carbons (Fsp3) is 0.351. The molecule has 2 N–H and O–H groups in total. The van der Waals surface area contributed by atoms with E-state index in [0.29, 0.717) is 24.5 Å². The predicted octanol–water partition coefficient (Wildman–Crippen LogP) is 5.18. The summed E-state index contributed by atoms with van der Waals surface area (Å²) in [6, 6.07) is 19.2. The van der Waals surface area contributed by atoms with Crippen LogP contribution < -0.4 is 15.6 Å². The van der Waals surface area contributed by atoms with E-state index in [9.17, 15) is 18.0 Å². The fourth-order valence-electron chi connectivity index (χ4n) is 6.83. The topological polar surface area (TPSA) is 131 Å². The Morgan fingerprint density at radius 3 is 2.16 bits per heavy atom. The van der Waals surface area contributed by atoms with Crippen LogP contribution in [0.25, 0.3) is 22.0 Å². The minimum atomic E-state index is -3.63. The van der Waals surface area contributed by atoms with Crippen LogP contribution in [-0.2, 0) is 27.4 Å². The van der Waals surface area contributed by atoms with Gasteiger partial charge in [-0.05, 0) is 93.6 Å². The molecule has 1 aromatic carbocycles. The highest BCUT2D eigenvalue weighted by Gasteiger charge is 2.36. The van der Waals surface area contributed by atoms with Crippen molar-refractivity contribution in [1.82, 2.24) is 24.0 Å². The largest absolute Gasteiger partial charge is 0.378 e. The Morgan fingerprint density at radius 1 is 0.918 bits per heavy atom. The third-order valence-electron chi connectivity index (χ3n) is 9.87. The Morgan fingerprint density at radius 2 is 1.57 bits per heavy atom. The maximum Gasteiger partial charge on any atom is 0.273 e. The highest BCUT2D eigenvalue weighted by atomic mass is 32.2. The Labute approximate surface area is 286 Å². The van der Waals surface area contributed by atoms with Crippen molar-refractivity contribution in [2.75, 3.05) is 28.9 Å². The van der Waals surface area contributed by atoms with Crippen molar-refractivity contribution in [3.05, 3.63) is 107 Å². The van der Waals surface area contributed by atoms with E-state index in [-0.39, 0.29) is 29.2 Å². The summed E-state index contributed by atoms with van der Waals surface area (Å²) >= 11 is 0. The molecule has 12 heteroatoms. The average molecular weight is 680 g/mol. The molecule has 4 aromatic heterocycles. The van der Waals surface area contributed by atoms with E-state index in [2.05, 4.69) is 21.5 Å². The molecule has 0 spiro atoms. The van der Waals surface area contributed by atoms with Crippen molar-refractivity contribution in [1.29, 1.82) is 0 Å². The van der Waals surface area contributed by atoms with Gasteiger partial charge in [-0.1, -0.05) is 12.1 Å². The molecular weight excluding hydrogens is 639 g/mol. The molecule has 2 aliphatic rings. The number of carbonyl (C=O) groups is 1. The van der Waals surface area contributed by atoms with Gasteiger partial charge < -0.3 is 19.4 Å². The predicted molar refractivity (Wildman–Crippen MR) is 192 cm³/mol. The molecule has 1 aliphatic heterocycles. The minimum Gasteiger partial charge on any atom is -0.378 e. The van der Waals surface area contributed by atoms with Gasteiger partial charge in [-0.3, -0.25) is 24.3 Å². The molecule has 49 heavy (non-hydrogen) atoms. The molecule has 0 atom stereocenters. The Kier molecular flexibility index (Phi) is 8.52. The summed E-state index contributed by atoms with van der Waals surface area (Å²) in [4.78, 5) is 37.4. The Hall–Kier alpha value is -4.97. The number of aromatic nitrogens is 4. The molecule has 0 bridgehead atoms. The number of hydrogen-bond acceptors (Lipinski definition) is 7. The Balaban J connectivity index is 1.33. The summed E-state index contributed by atoms with van der Waals surface area (Å²) in [6.45, 7) is 5.00. The number of hydrogen-bond donors (Lipinski definition) is 2. The van der Waals surface area contributed by atoms with Gasteiger partial charge in [-0.15, -0.1) is 0 Å². The molecule has 5 aromatic rings. The summed E-state index contributed by atoms with van der Waals surface area (Å²) in [6.07, 6.45) is 10.7. The van der Waals surface area contributed by atoms with E-state index in [0.717, 1.165) is 59.1 Å². The lowest BCUT2D eigenvalue weighted by atomic mass is 9.91. The summed E-state index contributed by atoms with van der Waals surface area (Å²) in [5.74, 6) is 0.371. The van der Waals surface area contributed by atoms with E-state index in [1.807, 2.05) is 71.8 Å². The highest BCUT2D eigenvalue weighted by molar-refractivity contribution is 7.92. The van der Waals surface area contributed by atoms with Gasteiger partial charge in [0.05, 0.1) is 28.3 Å². The van der Waals surface area contributed by atoms with Crippen LogP contribution in [0.2, 0.25) is 0 Å². The first kappa shape index (κ1) is 32.6. The smallest absolute Gasteiger partial charge is 0.273 e. The van der Waals surface area contributed by atoms with Crippen LogP contribution in [0.1, 0.15) is 50.9 Å². The number of nitrogens with one attached hydrogen (secondary N) is 2. The van der Waals surface area contributed by atoms with Crippen LogP contribution >= 0.6 is 0 Å². The quantitative estimate of drug-likeness (QED) is 0.208. The maximum absolute atomic E-state index is 13.4. The van der Waals surface area contributed by atoms with Gasteiger partial charge in [0.25, 0.3) is 5.56 Å². The van der Waals surface area contributed by atoms with Crippen LogP contribution in [-0.4, -0.2) is 63.2 Å². The van der Waals surface area contributed by atoms with E-state index in [1.54, 1.807) is 37.1 Å². The lowest BCUT2D eigenvalue weighted by molar-refractivity contribution is -0.133. The molecule has 1 aliphatic carbocycles. The molecule has 5 heterocycles. The van der Waals surface area contributed by atoms with Gasteiger partial charge in [0.2, 0.25) is 15.9 Å². The maximum atomic E-state index is 13.4. The number of benzene rings is 1. The zero-order valence-electron chi connectivity index (χ0n) is 28.0. The van der Waals surface area contributed by atoms with Gasteiger partial charge in [0, 0.05) is 67.8 Å². The second-order valence-electron chi connectivity index (χ2n) is 13.2. The second kappa shape index (κ2) is 12.8. The number of fused-ring (bicyclic) bond motifs is 1. The summed E-state index contributed by atoms with van der Waals surface area (Å²) < 4.78 is 32.4. The number of nitrogens with zero attached hydrogens (tertiary/aromatic N) is 5. The van der Waals surface area contributed by atoms with Crippen LogP contribution in [0.4, 0.5) is 11.4 Å². The van der Waals surface area contributed by atoms with Crippen molar-refractivity contribution in [3.8, 4) is 11.1 Å². The standard InChI is InChI=1S/C37H41N7O4S/c1-4-49(47,48)41-30-21-26(27-22-31(36(46)42(3)24-27)40-28-13-18-43(19-14-28)35(45)25-11-12-25)23-32-29(30)15-20-44(32)37(2,33-9-5-7-16-38-33)34-10-6-8-17-39-34/h5-10,15-17,20-25,28,40-41H,4,11-14,18-19H2,1-3H3. The average Bonchev–Trinajstić information content (AvgIpc) is 3.88. The molecule has 1 amide bonds. The summed E-state index contributed by atoms with van der Waals surface area (Å²) in [5, 5.41) is 4.19. The van der Waals surface area contributed by atoms with Gasteiger partial charge in [-0.25, -0.2) is 8.42 Å². The van der Waals surface area contributed by atoms with Crippen LogP contribution in [0.15, 0.2) is 90.2 Å². The minimum absolute atomic E-state index is 0.0512. The molecule has 1 saturated carbocycles. The third kappa shape index (κ3) is 6.32. The highest BCUT2D eigenvalue weighted by Crippen LogP contribution is 2.39. The van der Waals surface area contributed by atoms with E-state index in [4.69, 9.17) is 9.97 Å². The number of aryl methyl sites for hydroxylation is 1. The third-order valence-corrected chi connectivity index (χ3v) is 11.2. The van der Waals surface area contributed by atoms with Gasteiger partial charge in [0.1, 0.15) is 11.2 Å². The first-order valence-corrected chi connectivity index (χ1v) is 18.5. The van der Waals surface area contributed by atoms with Crippen LogP contribution in [0.5, 0.6) is 0 Å². The Bertz CT molecular complexity index is 2130. The van der Waals surface area contributed by atoms with Crippen molar-refractivity contribution < 1.29 is 13.2 Å². The number of piperidine rings is 1. The fourth-order valence-corrected chi connectivity index (χ4v) is 7.48. The van der Waals surface area contributed by atoms with Gasteiger partial charge in [0.15, 0.2) is 0 Å². The lowest BCUT2D eigenvalue weighted by Gasteiger charge is -2.33. The van der Waals surface area contributed by atoms with Gasteiger partial charge >= 0.3 is 0 Å². The zero-order chi connectivity index (χ0) is 34.3. The monoisotopic (exact) mass is 679 g/mol. The summed E-state index contributed by atoms with van der Waals surface area (Å²) in [5.41, 5.74) is 3.67. The van der Waals surface area contributed by atoms with Gasteiger partial charge in [-0.2, -0.15) is 0 Å². The van der Waals surface area contributed by atoms with Crippen molar-refractivity contribution in [2.24, 2.45) is 13.0 Å². The van der Waals surface area contributed by atoms with Crippen LogP contribution in [0.3, 0.4) is 0 Å².